The van der Waals surface area contributed by atoms with Gasteiger partial charge in [-0.25, -0.2) is 9.18 Å². The minimum absolute atomic E-state index is 0.0981. The van der Waals surface area contributed by atoms with Gasteiger partial charge in [0.25, 0.3) is 0 Å². The van der Waals surface area contributed by atoms with E-state index in [1.807, 2.05) is 0 Å². The predicted molar refractivity (Wildman–Crippen MR) is 60.4 cm³/mol. The van der Waals surface area contributed by atoms with Crippen LogP contribution in [-0.4, -0.2) is 49.5 Å². The highest BCUT2D eigenvalue weighted by Gasteiger charge is 2.55. The van der Waals surface area contributed by atoms with Crippen molar-refractivity contribution in [2.75, 3.05) is 12.1 Å². The first-order chi connectivity index (χ1) is 8.91. The Balaban J connectivity index is 2.39. The van der Waals surface area contributed by atoms with E-state index in [0.717, 1.165) is 11.5 Å². The minimum Gasteiger partial charge on any atom is -0.394 e. The Morgan fingerprint density at radius 2 is 2.37 bits per heavy atom. The fourth-order valence-corrected chi connectivity index (χ4v) is 2.02. The monoisotopic (exact) mass is 275 g/mol. The molecule has 1 fully saturated rings. The van der Waals surface area contributed by atoms with Crippen LogP contribution in [0.1, 0.15) is 13.2 Å². The van der Waals surface area contributed by atoms with Gasteiger partial charge in [0.05, 0.1) is 6.61 Å². The molecular weight excluding hydrogens is 261 g/mol. The Morgan fingerprint density at radius 3 is 2.84 bits per heavy atom. The van der Waals surface area contributed by atoms with Gasteiger partial charge in [0.1, 0.15) is 12.2 Å². The van der Waals surface area contributed by atoms with Gasteiger partial charge >= 0.3 is 5.69 Å². The van der Waals surface area contributed by atoms with E-state index in [1.54, 1.807) is 5.48 Å². The molecule has 2 rings (SSSR count). The zero-order valence-corrected chi connectivity index (χ0v) is 10.0. The van der Waals surface area contributed by atoms with Crippen molar-refractivity contribution in [3.63, 3.8) is 0 Å². The molecule has 4 atom stereocenters. The molecule has 0 saturated carbocycles. The van der Waals surface area contributed by atoms with Crippen molar-refractivity contribution < 1.29 is 24.5 Å². The van der Waals surface area contributed by atoms with Crippen LogP contribution < -0.4 is 11.2 Å². The maximum absolute atomic E-state index is 14.4. The number of alkyl halides is 1. The van der Waals surface area contributed by atoms with Crippen LogP contribution in [0.15, 0.2) is 17.1 Å². The summed E-state index contributed by atoms with van der Waals surface area (Å²) in [6.45, 7) is 0.498. The normalized spacial score (nSPS) is 34.5. The summed E-state index contributed by atoms with van der Waals surface area (Å²) in [4.78, 5) is 15.1. The Bertz CT molecular complexity index is 520. The smallest absolute Gasteiger partial charge is 0.351 e. The zero-order valence-electron chi connectivity index (χ0n) is 10.0. The van der Waals surface area contributed by atoms with Gasteiger partial charge in [-0.05, 0) is 13.0 Å². The van der Waals surface area contributed by atoms with E-state index in [4.69, 9.17) is 15.1 Å². The van der Waals surface area contributed by atoms with Gasteiger partial charge in [0.15, 0.2) is 17.7 Å². The number of ether oxygens (including phenoxy) is 1. The predicted octanol–water partition coefficient (Wildman–Crippen LogP) is -0.977. The maximum Gasteiger partial charge on any atom is 0.351 e. The number of aliphatic hydroxyl groups excluding tert-OH is 2. The van der Waals surface area contributed by atoms with E-state index in [9.17, 15) is 14.3 Å². The summed E-state index contributed by atoms with van der Waals surface area (Å²) >= 11 is 0. The first-order valence-corrected chi connectivity index (χ1v) is 5.54. The van der Waals surface area contributed by atoms with E-state index in [0.29, 0.717) is 0 Å². The highest BCUT2D eigenvalue weighted by molar-refractivity contribution is 5.28. The van der Waals surface area contributed by atoms with Crippen molar-refractivity contribution in [1.29, 1.82) is 0 Å². The molecule has 0 aliphatic carbocycles. The maximum atomic E-state index is 14.4. The molecule has 1 aromatic rings. The topological polar surface area (TPSA) is 117 Å². The second kappa shape index (κ2) is 4.85. The Morgan fingerprint density at radius 1 is 1.68 bits per heavy atom. The molecule has 19 heavy (non-hydrogen) atoms. The summed E-state index contributed by atoms with van der Waals surface area (Å²) in [6, 6.07) is 1.24. The quantitative estimate of drug-likeness (QED) is 0.524. The van der Waals surface area contributed by atoms with Crippen molar-refractivity contribution >= 4 is 5.82 Å². The van der Waals surface area contributed by atoms with E-state index < -0.39 is 36.4 Å². The van der Waals surface area contributed by atoms with Crippen molar-refractivity contribution in [3.8, 4) is 0 Å². The van der Waals surface area contributed by atoms with Crippen LogP contribution in [0, 0.1) is 0 Å². The number of hydrogen-bond acceptors (Lipinski definition) is 7. The molecule has 0 spiro atoms. The minimum atomic E-state index is -2.26. The molecule has 0 radical (unpaired) electrons. The lowest BCUT2D eigenvalue weighted by Crippen LogP contribution is -2.42. The van der Waals surface area contributed by atoms with Gasteiger partial charge in [-0.1, -0.05) is 0 Å². The third-order valence-electron chi connectivity index (χ3n) is 3.09. The molecule has 4 N–H and O–H groups in total. The molecule has 0 bridgehead atoms. The number of rotatable bonds is 3. The van der Waals surface area contributed by atoms with Crippen molar-refractivity contribution in [2.45, 2.75) is 31.0 Å². The fourth-order valence-electron chi connectivity index (χ4n) is 2.02. The van der Waals surface area contributed by atoms with Crippen LogP contribution in [-0.2, 0) is 4.74 Å². The van der Waals surface area contributed by atoms with Crippen molar-refractivity contribution in [1.82, 2.24) is 9.55 Å². The Labute approximate surface area is 107 Å². The largest absolute Gasteiger partial charge is 0.394 e. The zero-order chi connectivity index (χ0) is 14.2. The number of nitrogens with one attached hydrogen (secondary N) is 1. The van der Waals surface area contributed by atoms with Crippen LogP contribution in [0.5, 0.6) is 0 Å². The molecule has 1 aromatic heterocycles. The number of nitrogens with zero attached hydrogens (tertiary/aromatic N) is 2. The first-order valence-electron chi connectivity index (χ1n) is 5.54. The third kappa shape index (κ3) is 2.21. The van der Waals surface area contributed by atoms with Gasteiger partial charge < -0.3 is 14.9 Å². The molecule has 0 aromatic carbocycles. The Kier molecular flexibility index (Phi) is 3.54. The molecule has 8 nitrogen and oxygen atoms in total. The molecule has 106 valence electrons. The van der Waals surface area contributed by atoms with Gasteiger partial charge in [-0.2, -0.15) is 4.98 Å². The summed E-state index contributed by atoms with van der Waals surface area (Å²) in [7, 11) is 0. The molecule has 1 aliphatic heterocycles. The SMILES string of the molecule is CC1(F)[C@@H](O)[C@@H](CO)O[C@H]1n1ccc(NO)nc1=O. The molecule has 1 unspecified atom stereocenters. The van der Waals surface area contributed by atoms with Crippen LogP contribution in [0.3, 0.4) is 0 Å². The van der Waals surface area contributed by atoms with Gasteiger partial charge in [-0.15, -0.1) is 0 Å². The number of aliphatic hydroxyl groups is 2. The van der Waals surface area contributed by atoms with Gasteiger partial charge in [0, 0.05) is 6.20 Å². The van der Waals surface area contributed by atoms with Crippen LogP contribution in [0.4, 0.5) is 10.2 Å². The molecule has 1 saturated heterocycles. The number of anilines is 1. The summed E-state index contributed by atoms with van der Waals surface area (Å²) in [6.07, 6.45) is -2.93. The lowest BCUT2D eigenvalue weighted by atomic mass is 9.98. The number of halogens is 1. The Hall–Kier alpha value is -1.55. The fraction of sp³-hybridized carbons (Fsp3) is 0.600. The standard InChI is InChI=1S/C10H14FN3O5/c1-10(11)7(16)5(4-15)19-8(10)14-3-2-6(13-18)12-9(14)17/h2-3,5,7-8,15-16,18H,4H2,1H3,(H,12,13,17)/t5-,7+,8-,10?/m1/s1. The van der Waals surface area contributed by atoms with Crippen molar-refractivity contribution in [3.05, 3.63) is 22.7 Å². The lowest BCUT2D eigenvalue weighted by Gasteiger charge is -2.24. The lowest BCUT2D eigenvalue weighted by molar-refractivity contribution is -0.0610. The highest BCUT2D eigenvalue weighted by atomic mass is 19.1. The second-order valence-corrected chi connectivity index (χ2v) is 4.42. The van der Waals surface area contributed by atoms with Gasteiger partial charge in [0.2, 0.25) is 0 Å². The van der Waals surface area contributed by atoms with Crippen LogP contribution in [0.25, 0.3) is 0 Å². The van der Waals surface area contributed by atoms with Crippen LogP contribution in [0.2, 0.25) is 0 Å². The summed E-state index contributed by atoms with van der Waals surface area (Å²) in [5.74, 6) is -0.0981. The van der Waals surface area contributed by atoms with E-state index in [-0.39, 0.29) is 5.82 Å². The van der Waals surface area contributed by atoms with Crippen LogP contribution >= 0.6 is 0 Å². The average Bonchev–Trinajstić information content (AvgIpc) is 2.61. The second-order valence-electron chi connectivity index (χ2n) is 4.42. The molecule has 0 amide bonds. The van der Waals surface area contributed by atoms with E-state index >= 15 is 0 Å². The number of hydrogen-bond donors (Lipinski definition) is 4. The highest BCUT2D eigenvalue weighted by Crippen LogP contribution is 2.40. The number of aromatic nitrogens is 2. The first kappa shape index (κ1) is 13.9. The van der Waals surface area contributed by atoms with E-state index in [1.165, 1.54) is 12.3 Å². The summed E-state index contributed by atoms with van der Waals surface area (Å²) < 4.78 is 20.4. The van der Waals surface area contributed by atoms with Gasteiger partial charge in [-0.3, -0.25) is 15.3 Å². The third-order valence-corrected chi connectivity index (χ3v) is 3.09. The molecule has 1 aliphatic rings. The molecule has 2 heterocycles. The summed E-state index contributed by atoms with van der Waals surface area (Å²) in [5, 5.41) is 27.3. The molecular formula is C10H14FN3O5. The average molecular weight is 275 g/mol. The van der Waals surface area contributed by atoms with Crippen molar-refractivity contribution in [2.24, 2.45) is 0 Å². The molecule has 9 heteroatoms. The van der Waals surface area contributed by atoms with E-state index in [2.05, 4.69) is 4.98 Å². The summed E-state index contributed by atoms with van der Waals surface area (Å²) in [5.41, 5.74) is -1.43.